The van der Waals surface area contributed by atoms with Gasteiger partial charge in [-0.3, -0.25) is 4.79 Å². The van der Waals surface area contributed by atoms with Gasteiger partial charge >= 0.3 is 0 Å². The summed E-state index contributed by atoms with van der Waals surface area (Å²) in [7, 11) is 0. The molecule has 0 saturated heterocycles. The van der Waals surface area contributed by atoms with Crippen molar-refractivity contribution >= 4 is 23.4 Å². The number of aromatic nitrogens is 2. The lowest BCUT2D eigenvalue weighted by Gasteiger charge is -2.29. The van der Waals surface area contributed by atoms with Gasteiger partial charge < -0.3 is 14.2 Å². The first-order chi connectivity index (χ1) is 17.2. The molecule has 0 spiro atoms. The molecule has 6 nitrogen and oxygen atoms in total. The van der Waals surface area contributed by atoms with E-state index in [9.17, 15) is 4.79 Å². The van der Waals surface area contributed by atoms with Crippen LogP contribution in [0.25, 0.3) is 22.8 Å². The number of hydrogen-bond acceptors (Lipinski definition) is 6. The van der Waals surface area contributed by atoms with Crippen molar-refractivity contribution < 1.29 is 14.1 Å². The molecule has 0 bridgehead atoms. The van der Waals surface area contributed by atoms with Crippen LogP contribution in [0.15, 0.2) is 81.0 Å². The maximum Gasteiger partial charge on any atom is 0.259 e. The van der Waals surface area contributed by atoms with Crippen LogP contribution in [0.3, 0.4) is 0 Å². The molecule has 1 aromatic heterocycles. The first-order valence-electron chi connectivity index (χ1n) is 12.0. The third kappa shape index (κ3) is 4.10. The fourth-order valence-electron chi connectivity index (χ4n) is 4.87. The van der Waals surface area contributed by atoms with E-state index in [0.29, 0.717) is 18.3 Å². The molecule has 0 atom stereocenters. The number of carbonyl (C=O) groups is 1. The molecule has 4 aromatic rings. The Hall–Kier alpha value is -3.58. The molecule has 176 valence electrons. The zero-order chi connectivity index (χ0) is 23.8. The fourth-order valence-corrected chi connectivity index (χ4v) is 5.97. The average molecular weight is 484 g/mol. The number of rotatable bonds is 5. The van der Waals surface area contributed by atoms with Crippen molar-refractivity contribution in [3.63, 3.8) is 0 Å². The van der Waals surface area contributed by atoms with E-state index in [1.165, 1.54) is 0 Å². The van der Waals surface area contributed by atoms with Gasteiger partial charge in [-0.15, -0.1) is 0 Å². The van der Waals surface area contributed by atoms with E-state index in [1.807, 2.05) is 72.5 Å². The van der Waals surface area contributed by atoms with E-state index in [-0.39, 0.29) is 11.9 Å². The van der Waals surface area contributed by atoms with Crippen molar-refractivity contribution in [2.75, 3.05) is 11.5 Å². The second-order valence-corrected chi connectivity index (χ2v) is 9.86. The van der Waals surface area contributed by atoms with Crippen LogP contribution >= 0.6 is 11.8 Å². The van der Waals surface area contributed by atoms with Gasteiger partial charge in [-0.05, 0) is 74.4 Å². The number of fused-ring (bicyclic) bond motifs is 2. The van der Waals surface area contributed by atoms with Crippen LogP contribution in [-0.4, -0.2) is 28.7 Å². The van der Waals surface area contributed by atoms with Gasteiger partial charge in [0, 0.05) is 27.0 Å². The van der Waals surface area contributed by atoms with Gasteiger partial charge in [0.25, 0.3) is 11.8 Å². The molecule has 1 fully saturated rings. The van der Waals surface area contributed by atoms with Gasteiger partial charge in [-0.25, -0.2) is 0 Å². The number of anilines is 1. The van der Waals surface area contributed by atoms with Crippen molar-refractivity contribution in [1.82, 2.24) is 10.1 Å². The third-order valence-corrected chi connectivity index (χ3v) is 7.68. The Labute approximate surface area is 208 Å². The largest absolute Gasteiger partial charge is 0.494 e. The fraction of sp³-hybridized carbons (Fsp3) is 0.250. The Morgan fingerprint density at radius 1 is 1.00 bits per heavy atom. The Bertz CT molecular complexity index is 1380. The lowest BCUT2D eigenvalue weighted by molar-refractivity contribution is 0.0974. The molecule has 0 unspecified atom stereocenters. The molecule has 0 N–H and O–H groups in total. The van der Waals surface area contributed by atoms with E-state index in [2.05, 4.69) is 16.2 Å². The van der Waals surface area contributed by atoms with E-state index < -0.39 is 0 Å². The summed E-state index contributed by atoms with van der Waals surface area (Å²) in [6, 6.07) is 21.8. The molecule has 1 aliphatic carbocycles. The number of hydrogen-bond donors (Lipinski definition) is 0. The predicted octanol–water partition coefficient (Wildman–Crippen LogP) is 6.86. The molecule has 1 amide bonds. The van der Waals surface area contributed by atoms with Crippen LogP contribution < -0.4 is 9.64 Å². The van der Waals surface area contributed by atoms with Crippen LogP contribution in [-0.2, 0) is 0 Å². The highest BCUT2D eigenvalue weighted by atomic mass is 32.2. The topological polar surface area (TPSA) is 68.5 Å². The summed E-state index contributed by atoms with van der Waals surface area (Å²) in [5.41, 5.74) is 3.42. The van der Waals surface area contributed by atoms with E-state index in [0.717, 1.165) is 63.6 Å². The number of nitrogens with zero attached hydrogens (tertiary/aromatic N) is 3. The second-order valence-electron chi connectivity index (χ2n) is 8.77. The molecule has 1 aliphatic heterocycles. The highest BCUT2D eigenvalue weighted by Gasteiger charge is 2.34. The second kappa shape index (κ2) is 9.23. The molecule has 7 heteroatoms. The van der Waals surface area contributed by atoms with Crippen molar-refractivity contribution in [3.8, 4) is 28.6 Å². The molecule has 35 heavy (non-hydrogen) atoms. The lowest BCUT2D eigenvalue weighted by Crippen LogP contribution is -2.39. The van der Waals surface area contributed by atoms with Crippen LogP contribution in [0.1, 0.15) is 43.0 Å². The first-order valence-corrected chi connectivity index (χ1v) is 12.8. The van der Waals surface area contributed by atoms with E-state index >= 15 is 0 Å². The summed E-state index contributed by atoms with van der Waals surface area (Å²) < 4.78 is 11.1. The van der Waals surface area contributed by atoms with Crippen molar-refractivity contribution in [2.45, 2.75) is 48.4 Å². The predicted molar refractivity (Wildman–Crippen MR) is 136 cm³/mol. The van der Waals surface area contributed by atoms with Gasteiger partial charge in [-0.2, -0.15) is 4.98 Å². The van der Waals surface area contributed by atoms with Crippen LogP contribution in [0.2, 0.25) is 0 Å². The summed E-state index contributed by atoms with van der Waals surface area (Å²) >= 11 is 1.63. The molecule has 2 heterocycles. The van der Waals surface area contributed by atoms with Gasteiger partial charge in [-0.1, -0.05) is 41.9 Å². The number of ether oxygens (including phenoxy) is 1. The van der Waals surface area contributed by atoms with E-state index in [1.54, 1.807) is 11.8 Å². The van der Waals surface area contributed by atoms with Gasteiger partial charge in [0.2, 0.25) is 5.82 Å². The standard InChI is InChI=1S/C28H25N3O3S/c1-2-33-21-14-11-18(12-15-21)27-29-26(30-34-27)19-13-16-23-25(17-19)35-24-10-6-5-9-22(24)28(32)31(23)20-7-3-4-8-20/h5-6,9-17,20H,2-4,7-8H2,1H3. The maximum absolute atomic E-state index is 13.6. The number of amides is 1. The molecule has 0 radical (unpaired) electrons. The molecule has 3 aromatic carbocycles. The highest BCUT2D eigenvalue weighted by molar-refractivity contribution is 7.99. The van der Waals surface area contributed by atoms with Gasteiger partial charge in [0.15, 0.2) is 0 Å². The molecular formula is C28H25N3O3S. The van der Waals surface area contributed by atoms with Crippen molar-refractivity contribution in [2.24, 2.45) is 0 Å². The summed E-state index contributed by atoms with van der Waals surface area (Å²) in [6.45, 7) is 2.58. The SMILES string of the molecule is CCOc1ccc(-c2nc(-c3ccc4c(c3)Sc3ccccc3C(=O)N4C3CCCC3)no2)cc1. The molecule has 6 rings (SSSR count). The molecule has 2 aliphatic rings. The maximum atomic E-state index is 13.6. The smallest absolute Gasteiger partial charge is 0.259 e. The number of carbonyl (C=O) groups excluding carboxylic acids is 1. The van der Waals surface area contributed by atoms with Gasteiger partial charge in [0.05, 0.1) is 17.9 Å². The minimum atomic E-state index is 0.0869. The summed E-state index contributed by atoms with van der Waals surface area (Å²) in [4.78, 5) is 22.3. The monoisotopic (exact) mass is 483 g/mol. The highest BCUT2D eigenvalue weighted by Crippen LogP contribution is 2.45. The Balaban J connectivity index is 1.37. The van der Waals surface area contributed by atoms with Gasteiger partial charge in [0.1, 0.15) is 5.75 Å². The number of benzene rings is 3. The summed E-state index contributed by atoms with van der Waals surface area (Å²) in [6.07, 6.45) is 4.40. The summed E-state index contributed by atoms with van der Waals surface area (Å²) in [5.74, 6) is 1.87. The van der Waals surface area contributed by atoms with Crippen molar-refractivity contribution in [1.29, 1.82) is 0 Å². The minimum Gasteiger partial charge on any atom is -0.494 e. The van der Waals surface area contributed by atoms with Crippen LogP contribution in [0.4, 0.5) is 5.69 Å². The Kier molecular flexibility index (Phi) is 5.78. The zero-order valence-corrected chi connectivity index (χ0v) is 20.3. The third-order valence-electron chi connectivity index (χ3n) is 6.56. The van der Waals surface area contributed by atoms with Crippen LogP contribution in [0, 0.1) is 0 Å². The van der Waals surface area contributed by atoms with E-state index in [4.69, 9.17) is 9.26 Å². The zero-order valence-electron chi connectivity index (χ0n) is 19.4. The minimum absolute atomic E-state index is 0.0869. The quantitative estimate of drug-likeness (QED) is 0.309. The normalized spacial score (nSPS) is 15.6. The lowest BCUT2D eigenvalue weighted by atomic mass is 10.1. The van der Waals surface area contributed by atoms with Crippen molar-refractivity contribution in [3.05, 3.63) is 72.3 Å². The van der Waals surface area contributed by atoms with Crippen LogP contribution in [0.5, 0.6) is 5.75 Å². The summed E-state index contributed by atoms with van der Waals surface area (Å²) in [5, 5.41) is 4.24. The first kappa shape index (κ1) is 21.9. The Morgan fingerprint density at radius 2 is 1.77 bits per heavy atom. The molecular weight excluding hydrogens is 458 g/mol. The molecule has 1 saturated carbocycles. The average Bonchev–Trinajstić information content (AvgIpc) is 3.57. The Morgan fingerprint density at radius 3 is 2.57 bits per heavy atom.